The van der Waals surface area contributed by atoms with Crippen LogP contribution in [-0.2, 0) is 64.8 Å². The van der Waals surface area contributed by atoms with Crippen molar-refractivity contribution in [3.8, 4) is 0 Å². The van der Waals surface area contributed by atoms with Crippen LogP contribution < -0.4 is 37.6 Å². The third-order valence-corrected chi connectivity index (χ3v) is 16.2. The minimum absolute atomic E-state index is 0.0270. The molecule has 0 aliphatic carbocycles. The van der Waals surface area contributed by atoms with Gasteiger partial charge in [0, 0.05) is 64.6 Å². The van der Waals surface area contributed by atoms with Crippen LogP contribution in [0.1, 0.15) is 59.2 Å². The summed E-state index contributed by atoms with van der Waals surface area (Å²) in [5.74, 6) is -8.09. The molecular weight excluding hydrogens is 1200 g/mol. The summed E-state index contributed by atoms with van der Waals surface area (Å²) in [5, 5.41) is 16.6. The number of fused-ring (bicyclic) bond motifs is 4. The molecule has 3 fully saturated rings. The molecule has 3 saturated heterocycles. The second kappa shape index (κ2) is 33.0. The molecule has 8 N–H and O–H groups in total. The van der Waals surface area contributed by atoms with E-state index < -0.39 is 97.3 Å². The number of carbonyl (C=O) groups is 9. The standard InChI is InChI=1S/C59H75F2N15O11.Ga/c1-63-47-33-59(60,61)38-76(47)51(80)34-68-55(85)43-20-22-65-54-42(43)11-7-12-44(54)69-48(77)18-19-49(78)70-45(13-8-21-67-58(62)72(2)3)57(87)71-46(31-39-9-5-4-6-10-39)56(86)66-24-23-64-50(79)32-40-14-16-41(17-15-40)35-73-25-27-74(36-52(81)82)29-30-75(28-26-73)37-53(83)84;/h4-7,9-12,14-17,20,22,45-47H,8,13,18-19,21,23-38H2,2-3H3,(H2,62,67)(H,64,79)(H,66,86)(H,68,85)(H,69,77)(H,70,78)(H,71,87)(H,81,82)(H,83,84);/q;+2/p-2/t45-,46-,47-;/m0./s1/i;1-2. The number of anilines is 1. The third kappa shape index (κ3) is 21.1. The van der Waals surface area contributed by atoms with E-state index in [1.807, 2.05) is 40.1 Å². The molecule has 0 saturated carbocycles. The van der Waals surface area contributed by atoms with Crippen LogP contribution in [0.4, 0.5) is 14.5 Å². The number of hydrogen-bond acceptors (Lipinski definition) is 16. The number of likely N-dealkylation sites (tertiary alicyclic amines) is 1. The second-order valence-electron chi connectivity index (χ2n) is 21.7. The Balaban J connectivity index is 0.907. The van der Waals surface area contributed by atoms with E-state index in [1.165, 1.54) is 18.3 Å². The molecule has 88 heavy (non-hydrogen) atoms. The Morgan fingerprint density at radius 2 is 1.44 bits per heavy atom. The van der Waals surface area contributed by atoms with E-state index in [-0.39, 0.29) is 117 Å². The molecule has 7 rings (SSSR count). The number of guanidine groups is 1. The second-order valence-corrected chi connectivity index (χ2v) is 23.1. The number of halogens is 2. The molecule has 3 aliphatic heterocycles. The molecule has 0 spiro atoms. The van der Waals surface area contributed by atoms with E-state index in [2.05, 4.69) is 51.6 Å². The van der Waals surface area contributed by atoms with Crippen molar-refractivity contribution in [2.75, 3.05) is 104 Å². The largest absolute Gasteiger partial charge is 0.0594 e. The van der Waals surface area contributed by atoms with Gasteiger partial charge in [0.2, 0.25) is 35.4 Å². The van der Waals surface area contributed by atoms with E-state index in [0.717, 1.165) is 21.6 Å². The predicted octanol–water partition coefficient (Wildman–Crippen LogP) is 0.194. The van der Waals surface area contributed by atoms with Gasteiger partial charge in [-0.3, -0.25) is 53.3 Å². The SMILES string of the molecule is [C-]#[N+][C@@H]1CC(F)(F)CN1C(=O)CNC(=O)c1ccnc2c(NC(=O)CCC(=O)N[C@@H](CCCN=C(N)N(C)C)C(=O)N[C@@H](Cc3ccccc3)C(=O)NCCNC(=O)Cc3ccc(CN4CCN5CCN(CC4)CC(=O)[O][68Ga][O]C(=O)C5)cc3)cccc12. The molecule has 4 aromatic rings. The first-order chi connectivity index (χ1) is 42.2. The summed E-state index contributed by atoms with van der Waals surface area (Å²) in [6.45, 7) is 10.7. The number of nitrogens with one attached hydrogen (secondary N) is 6. The van der Waals surface area contributed by atoms with Crippen LogP contribution in [0.2, 0.25) is 0 Å². The minimum atomic E-state index is -3.22. The van der Waals surface area contributed by atoms with Crippen molar-refractivity contribution < 1.29 is 59.0 Å². The number of nitrogens with zero attached hydrogens (tertiary/aromatic N) is 8. The normalized spacial score (nSPS) is 18.6. The van der Waals surface area contributed by atoms with Gasteiger partial charge in [0.25, 0.3) is 11.8 Å². The van der Waals surface area contributed by atoms with Gasteiger partial charge >= 0.3 is 162 Å². The van der Waals surface area contributed by atoms with Gasteiger partial charge in [-0.05, 0) is 30.5 Å². The van der Waals surface area contributed by atoms with E-state index >= 15 is 0 Å². The van der Waals surface area contributed by atoms with Gasteiger partial charge in [-0.1, -0.05) is 42.5 Å². The first-order valence-corrected chi connectivity index (χ1v) is 30.8. The molecule has 4 heterocycles. The van der Waals surface area contributed by atoms with Gasteiger partial charge in [0.1, 0.15) is 18.5 Å². The van der Waals surface area contributed by atoms with Crippen molar-refractivity contribution in [2.24, 2.45) is 10.7 Å². The maximum atomic E-state index is 14.2. The Bertz CT molecular complexity index is 3180. The first kappa shape index (κ1) is 67.0. The Morgan fingerprint density at radius 1 is 0.784 bits per heavy atom. The molecule has 2 unspecified atom stereocenters. The molecule has 3 aliphatic rings. The number of aliphatic imine (C=N–C) groups is 1. The molecule has 1 aromatic heterocycles. The fraction of sp³-hybridized carbons (Fsp3) is 0.458. The summed E-state index contributed by atoms with van der Waals surface area (Å²) in [7, 11) is 3.44. The first-order valence-electron chi connectivity index (χ1n) is 28.8. The van der Waals surface area contributed by atoms with Crippen LogP contribution >= 0.6 is 0 Å². The van der Waals surface area contributed by atoms with Gasteiger partial charge in [-0.15, -0.1) is 0 Å². The summed E-state index contributed by atoms with van der Waals surface area (Å²) in [5.41, 5.74) is 8.96. The van der Waals surface area contributed by atoms with Gasteiger partial charge in [0.05, 0.1) is 36.3 Å². The summed E-state index contributed by atoms with van der Waals surface area (Å²) >= 11 is -1.88. The summed E-state index contributed by atoms with van der Waals surface area (Å²) < 4.78 is 38.4. The quantitative estimate of drug-likeness (QED) is 0.0162. The fourth-order valence-electron chi connectivity index (χ4n) is 9.94. The molecular formula is C59H73F2GaN15O11. The number of benzene rings is 3. The maximum absolute atomic E-state index is 14.2. The topological polar surface area (TPSA) is 316 Å². The molecule has 3 aromatic carbocycles. The van der Waals surface area contributed by atoms with E-state index in [4.69, 9.17) is 19.4 Å². The van der Waals surface area contributed by atoms with Crippen molar-refractivity contribution >= 4 is 94.0 Å². The third-order valence-electron chi connectivity index (χ3n) is 14.7. The van der Waals surface area contributed by atoms with E-state index in [0.29, 0.717) is 45.8 Å². The summed E-state index contributed by atoms with van der Waals surface area (Å²) in [6, 6.07) is 20.4. The average Bonchev–Trinajstić information content (AvgIpc) is 1.91. The van der Waals surface area contributed by atoms with Crippen molar-refractivity contribution in [1.82, 2.24) is 56.1 Å². The number of nitrogens with two attached hydrogens (primary N) is 1. The zero-order chi connectivity index (χ0) is 63.2. The predicted molar refractivity (Wildman–Crippen MR) is 319 cm³/mol. The summed E-state index contributed by atoms with van der Waals surface area (Å²) in [6.07, 6.45) is -1.04. The Morgan fingerprint density at radius 3 is 2.12 bits per heavy atom. The van der Waals surface area contributed by atoms with Crippen molar-refractivity contribution in [3.63, 3.8) is 0 Å². The number of carbonyl (C=O) groups excluding carboxylic acids is 9. The van der Waals surface area contributed by atoms with Crippen LogP contribution in [0, 0.1) is 6.57 Å². The number of pyridine rings is 1. The monoisotopic (exact) mass is 1270 g/mol. The van der Waals surface area contributed by atoms with Gasteiger partial charge in [-0.2, -0.15) is 0 Å². The van der Waals surface area contributed by atoms with Crippen LogP contribution in [0.15, 0.2) is 90.1 Å². The Hall–Kier alpha value is -8.56. The number of hydrogen-bond donors (Lipinski definition) is 7. The van der Waals surface area contributed by atoms with Crippen molar-refractivity contribution in [2.45, 2.75) is 75.7 Å². The van der Waals surface area contributed by atoms with Gasteiger partial charge in [-0.25, -0.2) is 15.4 Å². The van der Waals surface area contributed by atoms with Crippen LogP contribution in [-0.4, -0.2) is 230 Å². The van der Waals surface area contributed by atoms with Crippen molar-refractivity contribution in [1.29, 1.82) is 0 Å². The molecule has 7 amide bonds. The number of amides is 7. The fourth-order valence-corrected chi connectivity index (χ4v) is 10.8. The average molecular weight is 1270 g/mol. The molecule has 2 bridgehead atoms. The molecule has 467 valence electrons. The number of aromatic nitrogens is 1. The van der Waals surface area contributed by atoms with Crippen LogP contribution in [0.25, 0.3) is 15.7 Å². The molecule has 5 atom stereocenters. The van der Waals surface area contributed by atoms with Gasteiger partial charge < -0.3 is 42.5 Å². The zero-order valence-corrected chi connectivity index (χ0v) is 51.6. The van der Waals surface area contributed by atoms with Crippen molar-refractivity contribution in [3.05, 3.63) is 119 Å². The zero-order valence-electron chi connectivity index (χ0n) is 49.1. The van der Waals surface area contributed by atoms with Crippen LogP contribution in [0.5, 0.6) is 0 Å². The number of para-hydroxylation sites is 1. The van der Waals surface area contributed by atoms with Crippen LogP contribution in [0.3, 0.4) is 0 Å². The Labute approximate surface area is 516 Å². The Kier molecular flexibility index (Phi) is 25.1. The molecule has 29 heteroatoms. The summed E-state index contributed by atoms with van der Waals surface area (Å²) in [4.78, 5) is 139. The number of rotatable bonds is 24. The maximum Gasteiger partial charge on any atom is 0.0151 e. The minimum Gasteiger partial charge on any atom is -0.0594 e. The molecule has 1 radical (unpaired) electrons. The van der Waals surface area contributed by atoms with E-state index in [9.17, 15) is 51.9 Å². The van der Waals surface area contributed by atoms with Gasteiger partial charge in [0.15, 0.2) is 5.96 Å². The number of alkyl halides is 2. The molecule has 26 nitrogen and oxygen atoms in total. The van der Waals surface area contributed by atoms with E-state index in [1.54, 1.807) is 55.4 Å². The smallest absolute Gasteiger partial charge is 0.0151 e.